The molecule has 0 aliphatic carbocycles. The van der Waals surface area contributed by atoms with E-state index in [0.29, 0.717) is 35.9 Å². The van der Waals surface area contributed by atoms with Crippen LogP contribution >= 0.6 is 0 Å². The van der Waals surface area contributed by atoms with Gasteiger partial charge in [0.2, 0.25) is 5.91 Å². The van der Waals surface area contributed by atoms with Crippen LogP contribution < -0.4 is 10.6 Å². The molecule has 1 aliphatic heterocycles. The second kappa shape index (κ2) is 5.80. The fourth-order valence-corrected chi connectivity index (χ4v) is 3.31. The van der Waals surface area contributed by atoms with Gasteiger partial charge in [-0.2, -0.15) is 5.10 Å². The van der Waals surface area contributed by atoms with E-state index in [1.165, 1.54) is 12.1 Å². The number of nitrogens with zero attached hydrogens (tertiary/aromatic N) is 5. The standard InChI is InChI=1S/C17H17FN6O/c1-10-21-16(23-8-2-3-14(23)15(19)25)13-9-20-24(17(13)22-10)12-6-4-11(18)5-7-12/h4-7,9,14H,2-3,8H2,1H3,(H2,19,25). The molecule has 2 aromatic heterocycles. The van der Waals surface area contributed by atoms with Crippen LogP contribution in [0, 0.1) is 12.7 Å². The van der Waals surface area contributed by atoms with E-state index in [1.54, 1.807) is 29.9 Å². The smallest absolute Gasteiger partial charge is 0.240 e. The molecule has 0 bridgehead atoms. The van der Waals surface area contributed by atoms with Gasteiger partial charge in [-0.1, -0.05) is 0 Å². The molecular weight excluding hydrogens is 323 g/mol. The van der Waals surface area contributed by atoms with Crippen LogP contribution in [0.1, 0.15) is 18.7 Å². The predicted molar refractivity (Wildman–Crippen MR) is 90.9 cm³/mol. The zero-order valence-electron chi connectivity index (χ0n) is 13.7. The molecule has 1 atom stereocenters. The van der Waals surface area contributed by atoms with Crippen LogP contribution in [0.25, 0.3) is 16.7 Å². The number of carbonyl (C=O) groups excluding carboxylic acids is 1. The molecule has 1 fully saturated rings. The van der Waals surface area contributed by atoms with Gasteiger partial charge in [-0.15, -0.1) is 0 Å². The highest BCUT2D eigenvalue weighted by molar-refractivity contribution is 5.92. The third-order valence-corrected chi connectivity index (χ3v) is 4.44. The molecule has 0 saturated carbocycles. The summed E-state index contributed by atoms with van der Waals surface area (Å²) in [6.07, 6.45) is 3.26. The minimum absolute atomic E-state index is 0.312. The van der Waals surface area contributed by atoms with Crippen LogP contribution in [0.15, 0.2) is 30.5 Å². The van der Waals surface area contributed by atoms with Crippen molar-refractivity contribution in [2.45, 2.75) is 25.8 Å². The summed E-state index contributed by atoms with van der Waals surface area (Å²) < 4.78 is 14.8. The van der Waals surface area contributed by atoms with Crippen molar-refractivity contribution in [1.82, 2.24) is 19.7 Å². The lowest BCUT2D eigenvalue weighted by atomic mass is 10.2. The molecule has 8 heteroatoms. The van der Waals surface area contributed by atoms with Crippen LogP contribution in [-0.2, 0) is 4.79 Å². The molecule has 1 aliphatic rings. The fourth-order valence-electron chi connectivity index (χ4n) is 3.31. The van der Waals surface area contributed by atoms with E-state index in [4.69, 9.17) is 5.73 Å². The monoisotopic (exact) mass is 340 g/mol. The molecule has 3 heterocycles. The molecule has 1 aromatic carbocycles. The molecule has 0 spiro atoms. The topological polar surface area (TPSA) is 89.9 Å². The van der Waals surface area contributed by atoms with Crippen LogP contribution in [0.5, 0.6) is 0 Å². The molecular formula is C17H17FN6O. The predicted octanol–water partition coefficient (Wildman–Crippen LogP) is 1.72. The average Bonchev–Trinajstić information content (AvgIpc) is 3.21. The van der Waals surface area contributed by atoms with Crippen molar-refractivity contribution in [3.63, 3.8) is 0 Å². The van der Waals surface area contributed by atoms with Crippen molar-refractivity contribution < 1.29 is 9.18 Å². The van der Waals surface area contributed by atoms with Crippen molar-refractivity contribution in [2.75, 3.05) is 11.4 Å². The van der Waals surface area contributed by atoms with Crippen LogP contribution in [0.3, 0.4) is 0 Å². The second-order valence-corrected chi connectivity index (χ2v) is 6.12. The maximum absolute atomic E-state index is 13.2. The molecule has 4 rings (SSSR count). The summed E-state index contributed by atoms with van der Waals surface area (Å²) in [5, 5.41) is 5.13. The van der Waals surface area contributed by atoms with Gasteiger partial charge in [-0.05, 0) is 44.0 Å². The number of halogens is 1. The van der Waals surface area contributed by atoms with Crippen LogP contribution in [0.2, 0.25) is 0 Å². The first-order chi connectivity index (χ1) is 12.0. The van der Waals surface area contributed by atoms with Gasteiger partial charge in [0.15, 0.2) is 5.65 Å². The lowest BCUT2D eigenvalue weighted by Gasteiger charge is -2.23. The van der Waals surface area contributed by atoms with Crippen molar-refractivity contribution >= 4 is 22.8 Å². The molecule has 0 radical (unpaired) electrons. The normalized spacial score (nSPS) is 17.4. The van der Waals surface area contributed by atoms with Gasteiger partial charge in [0.05, 0.1) is 17.3 Å². The number of hydrogen-bond donors (Lipinski definition) is 1. The Morgan fingerprint density at radius 2 is 2.04 bits per heavy atom. The van der Waals surface area contributed by atoms with Crippen molar-refractivity contribution in [3.8, 4) is 5.69 Å². The van der Waals surface area contributed by atoms with Gasteiger partial charge in [-0.3, -0.25) is 4.79 Å². The molecule has 1 saturated heterocycles. The number of benzene rings is 1. The fraction of sp³-hybridized carbons (Fsp3) is 0.294. The van der Waals surface area contributed by atoms with Crippen molar-refractivity contribution in [3.05, 3.63) is 42.1 Å². The number of aromatic nitrogens is 4. The van der Waals surface area contributed by atoms with E-state index in [-0.39, 0.29) is 17.8 Å². The van der Waals surface area contributed by atoms with Gasteiger partial charge in [-0.25, -0.2) is 19.0 Å². The third-order valence-electron chi connectivity index (χ3n) is 4.44. The minimum atomic E-state index is -0.369. The molecule has 25 heavy (non-hydrogen) atoms. The van der Waals surface area contributed by atoms with E-state index < -0.39 is 0 Å². The number of amides is 1. The number of anilines is 1. The number of rotatable bonds is 3. The Hall–Kier alpha value is -3.03. The Morgan fingerprint density at radius 3 is 2.76 bits per heavy atom. The van der Waals surface area contributed by atoms with Gasteiger partial charge < -0.3 is 10.6 Å². The Bertz CT molecular complexity index is 952. The van der Waals surface area contributed by atoms with Gasteiger partial charge in [0, 0.05) is 6.54 Å². The summed E-state index contributed by atoms with van der Waals surface area (Å²) >= 11 is 0. The average molecular weight is 340 g/mol. The van der Waals surface area contributed by atoms with E-state index in [9.17, 15) is 9.18 Å². The molecule has 1 amide bonds. The SMILES string of the molecule is Cc1nc(N2CCCC2C(N)=O)c2cnn(-c3ccc(F)cc3)c2n1. The molecule has 3 aromatic rings. The summed E-state index contributed by atoms with van der Waals surface area (Å²) in [4.78, 5) is 22.7. The Kier molecular flexibility index (Phi) is 3.60. The molecule has 1 unspecified atom stereocenters. The summed E-state index contributed by atoms with van der Waals surface area (Å²) in [5.74, 6) is 0.569. The zero-order chi connectivity index (χ0) is 17.6. The van der Waals surface area contributed by atoms with E-state index in [2.05, 4.69) is 15.1 Å². The van der Waals surface area contributed by atoms with E-state index >= 15 is 0 Å². The highest BCUT2D eigenvalue weighted by atomic mass is 19.1. The number of primary amides is 1. The Labute approximate surface area is 143 Å². The van der Waals surface area contributed by atoms with Gasteiger partial charge >= 0.3 is 0 Å². The highest BCUT2D eigenvalue weighted by Gasteiger charge is 2.32. The van der Waals surface area contributed by atoms with Crippen LogP contribution in [-0.4, -0.2) is 38.2 Å². The lowest BCUT2D eigenvalue weighted by molar-refractivity contribution is -0.119. The lowest BCUT2D eigenvalue weighted by Crippen LogP contribution is -2.40. The number of carbonyl (C=O) groups is 1. The first-order valence-corrected chi connectivity index (χ1v) is 8.09. The Morgan fingerprint density at radius 1 is 1.28 bits per heavy atom. The number of hydrogen-bond acceptors (Lipinski definition) is 5. The Balaban J connectivity index is 1.87. The van der Waals surface area contributed by atoms with Crippen LogP contribution in [0.4, 0.5) is 10.2 Å². The summed E-state index contributed by atoms with van der Waals surface area (Å²) in [7, 11) is 0. The van der Waals surface area contributed by atoms with Gasteiger partial charge in [0.25, 0.3) is 0 Å². The quantitative estimate of drug-likeness (QED) is 0.784. The maximum Gasteiger partial charge on any atom is 0.240 e. The highest BCUT2D eigenvalue weighted by Crippen LogP contribution is 2.30. The number of aryl methyl sites for hydroxylation is 1. The first-order valence-electron chi connectivity index (χ1n) is 8.09. The minimum Gasteiger partial charge on any atom is -0.368 e. The second-order valence-electron chi connectivity index (χ2n) is 6.12. The van der Waals surface area contributed by atoms with E-state index in [1.807, 2.05) is 4.90 Å². The first kappa shape index (κ1) is 15.5. The zero-order valence-corrected chi connectivity index (χ0v) is 13.7. The largest absolute Gasteiger partial charge is 0.368 e. The molecule has 128 valence electrons. The molecule has 2 N–H and O–H groups in total. The number of fused-ring (bicyclic) bond motifs is 1. The summed E-state index contributed by atoms with van der Waals surface area (Å²) in [6.45, 7) is 2.50. The van der Waals surface area contributed by atoms with Crippen molar-refractivity contribution in [2.24, 2.45) is 5.73 Å². The third kappa shape index (κ3) is 2.59. The molecule has 7 nitrogen and oxygen atoms in total. The summed E-state index contributed by atoms with van der Waals surface area (Å²) in [6, 6.07) is 5.66. The number of nitrogens with two attached hydrogens (primary N) is 1. The maximum atomic E-state index is 13.2. The summed E-state index contributed by atoms with van der Waals surface area (Å²) in [5.41, 5.74) is 6.85. The van der Waals surface area contributed by atoms with E-state index in [0.717, 1.165) is 11.8 Å². The van der Waals surface area contributed by atoms with Crippen molar-refractivity contribution in [1.29, 1.82) is 0 Å². The van der Waals surface area contributed by atoms with Gasteiger partial charge in [0.1, 0.15) is 23.5 Å².